The summed E-state index contributed by atoms with van der Waals surface area (Å²) in [6.45, 7) is 4.57. The summed E-state index contributed by atoms with van der Waals surface area (Å²) in [7, 11) is 0. The van der Waals surface area contributed by atoms with Gasteiger partial charge in [-0.25, -0.2) is 0 Å². The first-order valence-corrected chi connectivity index (χ1v) is 6.91. The van der Waals surface area contributed by atoms with E-state index in [9.17, 15) is 0 Å². The molecule has 0 unspecified atom stereocenters. The van der Waals surface area contributed by atoms with Crippen molar-refractivity contribution in [3.8, 4) is 0 Å². The first kappa shape index (κ1) is 18.4. The summed E-state index contributed by atoms with van der Waals surface area (Å²) in [6.07, 6.45) is 17.4. The van der Waals surface area contributed by atoms with Crippen LogP contribution in [0.4, 0.5) is 0 Å². The average molecular weight is 221 g/mol. The van der Waals surface area contributed by atoms with Gasteiger partial charge in [0.1, 0.15) is 0 Å². The van der Waals surface area contributed by atoms with Gasteiger partial charge in [0, 0.05) is 29.6 Å². The fourth-order valence-corrected chi connectivity index (χ4v) is 1.91. The van der Waals surface area contributed by atoms with Crippen molar-refractivity contribution >= 4 is 29.6 Å². The fourth-order valence-electron chi connectivity index (χ4n) is 1.91. The van der Waals surface area contributed by atoms with E-state index in [1.54, 1.807) is 0 Å². The molecular formula is C14H30Na. The van der Waals surface area contributed by atoms with Crippen LogP contribution >= 0.6 is 0 Å². The Kier molecular flexibility index (Phi) is 21.3. The topological polar surface area (TPSA) is 0 Å². The molecule has 0 spiro atoms. The van der Waals surface area contributed by atoms with Crippen molar-refractivity contribution in [2.24, 2.45) is 0 Å². The number of rotatable bonds is 11. The molecule has 0 N–H and O–H groups in total. The second-order valence-corrected chi connectivity index (χ2v) is 4.54. The third-order valence-electron chi connectivity index (χ3n) is 2.96. The van der Waals surface area contributed by atoms with E-state index in [0.717, 1.165) is 0 Å². The minimum absolute atomic E-state index is 0. The van der Waals surface area contributed by atoms with Gasteiger partial charge in [0.15, 0.2) is 0 Å². The largest absolute Gasteiger partial charge is 0.0654 e. The van der Waals surface area contributed by atoms with E-state index >= 15 is 0 Å². The van der Waals surface area contributed by atoms with Gasteiger partial charge in [-0.1, -0.05) is 90.9 Å². The molecule has 0 aromatic carbocycles. The SMILES string of the molecule is CCCCCCCCCCCCCC.[Na]. The van der Waals surface area contributed by atoms with Crippen LogP contribution in [0.1, 0.15) is 90.9 Å². The summed E-state index contributed by atoms with van der Waals surface area (Å²) in [6, 6.07) is 0. The number of hydrogen-bond donors (Lipinski definition) is 0. The van der Waals surface area contributed by atoms with Gasteiger partial charge in [0.05, 0.1) is 0 Å². The normalized spacial score (nSPS) is 10.0. The van der Waals surface area contributed by atoms with E-state index in [-0.39, 0.29) is 29.6 Å². The van der Waals surface area contributed by atoms with Crippen molar-refractivity contribution < 1.29 is 0 Å². The Labute approximate surface area is 120 Å². The maximum absolute atomic E-state index is 2.29. The Morgan fingerprint density at radius 1 is 0.400 bits per heavy atom. The summed E-state index contributed by atoms with van der Waals surface area (Å²) < 4.78 is 0. The van der Waals surface area contributed by atoms with E-state index in [1.807, 2.05) is 0 Å². The predicted octanol–water partition coefficient (Wildman–Crippen LogP) is 5.33. The van der Waals surface area contributed by atoms with Crippen LogP contribution in [0.3, 0.4) is 0 Å². The second kappa shape index (κ2) is 17.4. The molecule has 0 rings (SSSR count). The van der Waals surface area contributed by atoms with Crippen molar-refractivity contribution in [2.75, 3.05) is 0 Å². The molecule has 1 radical (unpaired) electrons. The van der Waals surface area contributed by atoms with E-state index < -0.39 is 0 Å². The number of hydrogen-bond acceptors (Lipinski definition) is 0. The van der Waals surface area contributed by atoms with Crippen molar-refractivity contribution in [3.63, 3.8) is 0 Å². The molecule has 0 fully saturated rings. The van der Waals surface area contributed by atoms with Gasteiger partial charge in [-0.2, -0.15) is 0 Å². The van der Waals surface area contributed by atoms with Crippen molar-refractivity contribution in [2.45, 2.75) is 90.9 Å². The molecule has 0 amide bonds. The van der Waals surface area contributed by atoms with Gasteiger partial charge in [-0.3, -0.25) is 0 Å². The first-order chi connectivity index (χ1) is 6.91. The standard InChI is InChI=1S/C14H30.Na/c1-3-5-7-9-11-13-14-12-10-8-6-4-2;/h3-14H2,1-2H3;. The molecule has 0 saturated carbocycles. The van der Waals surface area contributed by atoms with Crippen LogP contribution in [0.5, 0.6) is 0 Å². The van der Waals surface area contributed by atoms with Gasteiger partial charge in [-0.15, -0.1) is 0 Å². The molecule has 0 heterocycles. The minimum Gasteiger partial charge on any atom is -0.0654 e. The molecule has 0 aromatic rings. The summed E-state index contributed by atoms with van der Waals surface area (Å²) >= 11 is 0. The minimum atomic E-state index is 0. The Morgan fingerprint density at radius 3 is 0.800 bits per heavy atom. The fraction of sp³-hybridized carbons (Fsp3) is 1.00. The van der Waals surface area contributed by atoms with Gasteiger partial charge in [-0.05, 0) is 0 Å². The van der Waals surface area contributed by atoms with Crippen LogP contribution in [0.2, 0.25) is 0 Å². The molecule has 15 heavy (non-hydrogen) atoms. The maximum Gasteiger partial charge on any atom is 0 e. The summed E-state index contributed by atoms with van der Waals surface area (Å²) in [5.74, 6) is 0. The van der Waals surface area contributed by atoms with E-state index in [2.05, 4.69) is 13.8 Å². The average Bonchev–Trinajstić information content (AvgIpc) is 2.21. The molecule has 0 aliphatic rings. The van der Waals surface area contributed by atoms with Gasteiger partial charge in [0.25, 0.3) is 0 Å². The molecule has 0 aliphatic heterocycles. The monoisotopic (exact) mass is 221 g/mol. The smallest absolute Gasteiger partial charge is 0 e. The molecule has 1 heteroatoms. The van der Waals surface area contributed by atoms with Crippen molar-refractivity contribution in [1.29, 1.82) is 0 Å². The third-order valence-corrected chi connectivity index (χ3v) is 2.96. The molecule has 0 bridgehead atoms. The predicted molar refractivity (Wildman–Crippen MR) is 72.5 cm³/mol. The van der Waals surface area contributed by atoms with E-state index in [0.29, 0.717) is 0 Å². The molecular weight excluding hydrogens is 191 g/mol. The summed E-state index contributed by atoms with van der Waals surface area (Å²) in [4.78, 5) is 0. The van der Waals surface area contributed by atoms with Gasteiger partial charge < -0.3 is 0 Å². The summed E-state index contributed by atoms with van der Waals surface area (Å²) in [5, 5.41) is 0. The van der Waals surface area contributed by atoms with Crippen LogP contribution in [-0.2, 0) is 0 Å². The van der Waals surface area contributed by atoms with Crippen molar-refractivity contribution in [3.05, 3.63) is 0 Å². The van der Waals surface area contributed by atoms with Crippen LogP contribution in [0.15, 0.2) is 0 Å². The zero-order chi connectivity index (χ0) is 10.5. The quantitative estimate of drug-likeness (QED) is 0.327. The molecule has 0 nitrogen and oxygen atoms in total. The molecule has 0 saturated heterocycles. The molecule has 0 atom stereocenters. The Bertz CT molecular complexity index is 79.3. The van der Waals surface area contributed by atoms with Gasteiger partial charge in [0.2, 0.25) is 0 Å². The first-order valence-electron chi connectivity index (χ1n) is 6.91. The second-order valence-electron chi connectivity index (χ2n) is 4.54. The molecule has 0 aromatic heterocycles. The molecule has 87 valence electrons. The van der Waals surface area contributed by atoms with Crippen LogP contribution in [0, 0.1) is 0 Å². The van der Waals surface area contributed by atoms with Crippen LogP contribution < -0.4 is 0 Å². The molecule has 0 aliphatic carbocycles. The Hall–Kier alpha value is 1.00. The number of unbranched alkanes of at least 4 members (excludes halogenated alkanes) is 11. The Morgan fingerprint density at radius 2 is 0.600 bits per heavy atom. The van der Waals surface area contributed by atoms with Crippen LogP contribution in [-0.4, -0.2) is 29.6 Å². The Balaban J connectivity index is 0. The summed E-state index contributed by atoms with van der Waals surface area (Å²) in [5.41, 5.74) is 0. The zero-order valence-corrected chi connectivity index (χ0v) is 13.5. The zero-order valence-electron chi connectivity index (χ0n) is 11.5. The van der Waals surface area contributed by atoms with Crippen LogP contribution in [0.25, 0.3) is 0 Å². The third kappa shape index (κ3) is 17.6. The van der Waals surface area contributed by atoms with Crippen molar-refractivity contribution in [1.82, 2.24) is 0 Å². The van der Waals surface area contributed by atoms with E-state index in [4.69, 9.17) is 0 Å². The maximum atomic E-state index is 2.29. The van der Waals surface area contributed by atoms with Gasteiger partial charge >= 0.3 is 0 Å². The van der Waals surface area contributed by atoms with E-state index in [1.165, 1.54) is 77.0 Å².